The SMILES string of the molecule is O=C(N[C@@H]1CC[C@@H](O)[C@@H]1O)c1ccc(-c2ccc(Cl)cc2)o1. The fourth-order valence-electron chi connectivity index (χ4n) is 2.59. The average molecular weight is 322 g/mol. The maximum absolute atomic E-state index is 12.1. The van der Waals surface area contributed by atoms with Crippen LogP contribution in [0.25, 0.3) is 11.3 Å². The summed E-state index contributed by atoms with van der Waals surface area (Å²) in [6, 6.07) is 9.94. The maximum Gasteiger partial charge on any atom is 0.287 e. The molecule has 116 valence electrons. The minimum absolute atomic E-state index is 0.165. The second-order valence-corrected chi connectivity index (χ2v) is 5.82. The van der Waals surface area contributed by atoms with E-state index < -0.39 is 24.2 Å². The van der Waals surface area contributed by atoms with Gasteiger partial charge in [0.1, 0.15) is 11.9 Å². The molecule has 1 aliphatic rings. The summed E-state index contributed by atoms with van der Waals surface area (Å²) in [5.41, 5.74) is 0.819. The molecule has 1 aliphatic carbocycles. The van der Waals surface area contributed by atoms with Crippen LogP contribution in [-0.4, -0.2) is 34.4 Å². The van der Waals surface area contributed by atoms with E-state index in [1.165, 1.54) is 0 Å². The zero-order chi connectivity index (χ0) is 15.7. The summed E-state index contributed by atoms with van der Waals surface area (Å²) >= 11 is 5.84. The Morgan fingerprint density at radius 3 is 2.50 bits per heavy atom. The molecule has 0 bridgehead atoms. The second kappa shape index (κ2) is 6.12. The van der Waals surface area contributed by atoms with Gasteiger partial charge in [0.25, 0.3) is 5.91 Å². The quantitative estimate of drug-likeness (QED) is 0.809. The number of aliphatic hydroxyl groups is 2. The predicted octanol–water partition coefficient (Wildman–Crippen LogP) is 2.21. The van der Waals surface area contributed by atoms with Crippen molar-refractivity contribution in [1.29, 1.82) is 0 Å². The third-order valence-electron chi connectivity index (χ3n) is 3.85. The predicted molar refractivity (Wildman–Crippen MR) is 81.7 cm³/mol. The highest BCUT2D eigenvalue weighted by Gasteiger charge is 2.34. The number of furan rings is 1. The van der Waals surface area contributed by atoms with E-state index in [9.17, 15) is 15.0 Å². The van der Waals surface area contributed by atoms with Crippen LogP contribution in [0.15, 0.2) is 40.8 Å². The minimum Gasteiger partial charge on any atom is -0.451 e. The van der Waals surface area contributed by atoms with Gasteiger partial charge in [-0.1, -0.05) is 11.6 Å². The number of nitrogens with one attached hydrogen (secondary N) is 1. The Bertz CT molecular complexity index is 667. The Morgan fingerprint density at radius 2 is 1.86 bits per heavy atom. The summed E-state index contributed by atoms with van der Waals surface area (Å²) in [7, 11) is 0. The molecule has 1 aromatic heterocycles. The van der Waals surface area contributed by atoms with Crippen molar-refractivity contribution in [3.05, 3.63) is 47.2 Å². The summed E-state index contributed by atoms with van der Waals surface area (Å²) < 4.78 is 5.54. The van der Waals surface area contributed by atoms with E-state index in [2.05, 4.69) is 5.32 Å². The Balaban J connectivity index is 1.70. The third kappa shape index (κ3) is 3.02. The second-order valence-electron chi connectivity index (χ2n) is 5.39. The normalized spacial score (nSPS) is 24.4. The lowest BCUT2D eigenvalue weighted by Gasteiger charge is -2.17. The van der Waals surface area contributed by atoms with Crippen LogP contribution in [0, 0.1) is 0 Å². The van der Waals surface area contributed by atoms with Gasteiger partial charge in [0, 0.05) is 10.6 Å². The monoisotopic (exact) mass is 321 g/mol. The minimum atomic E-state index is -0.936. The Hall–Kier alpha value is -1.82. The Morgan fingerprint density at radius 1 is 1.14 bits per heavy atom. The highest BCUT2D eigenvalue weighted by molar-refractivity contribution is 6.30. The van der Waals surface area contributed by atoms with Gasteiger partial charge in [0.05, 0.1) is 12.1 Å². The van der Waals surface area contributed by atoms with Crippen molar-refractivity contribution in [3.63, 3.8) is 0 Å². The fraction of sp³-hybridized carbons (Fsp3) is 0.312. The van der Waals surface area contributed by atoms with Crippen molar-refractivity contribution < 1.29 is 19.4 Å². The largest absolute Gasteiger partial charge is 0.451 e. The first kappa shape index (κ1) is 15.1. The standard InChI is InChI=1S/C16H16ClNO4/c17-10-3-1-9(2-4-10)13-7-8-14(22-13)16(21)18-11-5-6-12(19)15(11)20/h1-4,7-8,11-12,15,19-20H,5-6H2,(H,18,21)/t11-,12-,15-/m1/s1. The molecule has 3 atom stereocenters. The molecule has 0 spiro atoms. The van der Waals surface area contributed by atoms with Crippen LogP contribution < -0.4 is 5.32 Å². The molecule has 1 saturated carbocycles. The fourth-order valence-corrected chi connectivity index (χ4v) is 2.71. The number of aliphatic hydroxyl groups excluding tert-OH is 2. The van der Waals surface area contributed by atoms with Crippen LogP contribution in [0.2, 0.25) is 5.02 Å². The van der Waals surface area contributed by atoms with E-state index in [4.69, 9.17) is 16.0 Å². The van der Waals surface area contributed by atoms with Gasteiger partial charge in [-0.3, -0.25) is 4.79 Å². The highest BCUT2D eigenvalue weighted by Crippen LogP contribution is 2.25. The van der Waals surface area contributed by atoms with Crippen LogP contribution in [0.1, 0.15) is 23.4 Å². The van der Waals surface area contributed by atoms with Gasteiger partial charge in [0.2, 0.25) is 0 Å². The van der Waals surface area contributed by atoms with Crippen molar-refractivity contribution in [2.24, 2.45) is 0 Å². The van der Waals surface area contributed by atoms with E-state index in [0.717, 1.165) is 5.56 Å². The number of halogens is 1. The van der Waals surface area contributed by atoms with Gasteiger partial charge in [-0.2, -0.15) is 0 Å². The van der Waals surface area contributed by atoms with Crippen LogP contribution >= 0.6 is 11.6 Å². The Kier molecular flexibility index (Phi) is 4.20. The molecule has 1 heterocycles. The van der Waals surface area contributed by atoms with E-state index in [0.29, 0.717) is 23.6 Å². The number of hydrogen-bond donors (Lipinski definition) is 3. The van der Waals surface area contributed by atoms with Crippen molar-refractivity contribution in [2.45, 2.75) is 31.1 Å². The first-order chi connectivity index (χ1) is 10.5. The van der Waals surface area contributed by atoms with Gasteiger partial charge in [0.15, 0.2) is 5.76 Å². The molecule has 3 rings (SSSR count). The smallest absolute Gasteiger partial charge is 0.287 e. The molecule has 1 amide bonds. The van der Waals surface area contributed by atoms with Gasteiger partial charge in [-0.15, -0.1) is 0 Å². The molecule has 0 radical (unpaired) electrons. The lowest BCUT2D eigenvalue weighted by atomic mass is 10.2. The lowest BCUT2D eigenvalue weighted by Crippen LogP contribution is -2.42. The summed E-state index contributed by atoms with van der Waals surface area (Å²) in [4.78, 5) is 12.1. The molecule has 22 heavy (non-hydrogen) atoms. The van der Waals surface area contributed by atoms with Gasteiger partial charge in [-0.05, 0) is 49.2 Å². The molecular formula is C16H16ClNO4. The van der Waals surface area contributed by atoms with E-state index in [-0.39, 0.29) is 5.76 Å². The van der Waals surface area contributed by atoms with E-state index in [1.54, 1.807) is 36.4 Å². The van der Waals surface area contributed by atoms with Crippen LogP contribution in [0.3, 0.4) is 0 Å². The highest BCUT2D eigenvalue weighted by atomic mass is 35.5. The van der Waals surface area contributed by atoms with Gasteiger partial charge in [-0.25, -0.2) is 0 Å². The maximum atomic E-state index is 12.1. The molecule has 0 aliphatic heterocycles. The molecule has 1 fully saturated rings. The first-order valence-corrected chi connectivity index (χ1v) is 7.45. The molecule has 6 heteroatoms. The molecule has 1 aromatic carbocycles. The number of carbonyl (C=O) groups excluding carboxylic acids is 1. The number of carbonyl (C=O) groups is 1. The summed E-state index contributed by atoms with van der Waals surface area (Å²) in [6.07, 6.45) is -0.708. The summed E-state index contributed by atoms with van der Waals surface area (Å²) in [5.74, 6) is 0.325. The summed E-state index contributed by atoms with van der Waals surface area (Å²) in [6.45, 7) is 0. The number of rotatable bonds is 3. The molecule has 3 N–H and O–H groups in total. The molecule has 0 saturated heterocycles. The van der Waals surface area contributed by atoms with Gasteiger partial charge >= 0.3 is 0 Å². The number of benzene rings is 1. The Labute approximate surface area is 132 Å². The molecule has 0 unspecified atom stereocenters. The molecule has 5 nitrogen and oxygen atoms in total. The van der Waals surface area contributed by atoms with Crippen LogP contribution in [0.5, 0.6) is 0 Å². The van der Waals surface area contributed by atoms with E-state index in [1.807, 2.05) is 0 Å². The van der Waals surface area contributed by atoms with Crippen molar-refractivity contribution in [3.8, 4) is 11.3 Å². The van der Waals surface area contributed by atoms with E-state index >= 15 is 0 Å². The number of amides is 1. The summed E-state index contributed by atoms with van der Waals surface area (Å²) in [5, 5.41) is 22.6. The van der Waals surface area contributed by atoms with Gasteiger partial charge < -0.3 is 19.9 Å². The van der Waals surface area contributed by atoms with Crippen LogP contribution in [-0.2, 0) is 0 Å². The van der Waals surface area contributed by atoms with Crippen molar-refractivity contribution in [1.82, 2.24) is 5.32 Å². The third-order valence-corrected chi connectivity index (χ3v) is 4.11. The molecule has 2 aromatic rings. The number of hydrogen-bond acceptors (Lipinski definition) is 4. The lowest BCUT2D eigenvalue weighted by molar-refractivity contribution is 0.0293. The zero-order valence-electron chi connectivity index (χ0n) is 11.7. The average Bonchev–Trinajstić information content (AvgIpc) is 3.11. The first-order valence-electron chi connectivity index (χ1n) is 7.07. The van der Waals surface area contributed by atoms with Crippen LogP contribution in [0.4, 0.5) is 0 Å². The topological polar surface area (TPSA) is 82.7 Å². The molecular weight excluding hydrogens is 306 g/mol. The zero-order valence-corrected chi connectivity index (χ0v) is 12.5. The van der Waals surface area contributed by atoms with Crippen molar-refractivity contribution >= 4 is 17.5 Å². The van der Waals surface area contributed by atoms with Crippen molar-refractivity contribution in [2.75, 3.05) is 0 Å².